The van der Waals surface area contributed by atoms with E-state index >= 15 is 0 Å². The van der Waals surface area contributed by atoms with Crippen molar-refractivity contribution in [2.75, 3.05) is 0 Å². The Morgan fingerprint density at radius 2 is 1.55 bits per heavy atom. The highest BCUT2D eigenvalue weighted by Crippen LogP contribution is 2.30. The van der Waals surface area contributed by atoms with E-state index in [4.69, 9.17) is 0 Å². The average molecular weight is 324 g/mol. The molecule has 0 aliphatic heterocycles. The normalized spacial score (nSPS) is 12.5. The lowest BCUT2D eigenvalue weighted by atomic mass is 10.2. The third-order valence-corrected chi connectivity index (χ3v) is 2.67. The first-order valence-electron chi connectivity index (χ1n) is 5.61. The largest absolute Gasteiger partial charge is 0.431 e. The molecule has 22 heavy (non-hydrogen) atoms. The monoisotopic (exact) mass is 324 g/mol. The van der Waals surface area contributed by atoms with E-state index in [0.29, 0.717) is 12.1 Å². The fourth-order valence-corrected chi connectivity index (χ4v) is 1.71. The van der Waals surface area contributed by atoms with E-state index in [1.54, 1.807) is 0 Å². The first-order valence-corrected chi connectivity index (χ1v) is 5.61. The molecular formula is C12H6F6N2O2. The minimum Gasteiger partial charge on any atom is -0.303 e. The van der Waals surface area contributed by atoms with Crippen LogP contribution in [-0.4, -0.2) is 9.55 Å². The van der Waals surface area contributed by atoms with Gasteiger partial charge >= 0.3 is 18.0 Å². The number of H-pyrrole nitrogens is 1. The molecule has 10 heteroatoms. The molecule has 0 atom stereocenters. The minimum absolute atomic E-state index is 0.0989. The van der Waals surface area contributed by atoms with Crippen LogP contribution in [0.4, 0.5) is 26.3 Å². The molecule has 1 N–H and O–H groups in total. The lowest BCUT2D eigenvalue weighted by molar-refractivity contribution is -0.141. The predicted molar refractivity (Wildman–Crippen MR) is 62.7 cm³/mol. The molecule has 1 aromatic heterocycles. The van der Waals surface area contributed by atoms with Gasteiger partial charge in [0.05, 0.1) is 11.3 Å². The van der Waals surface area contributed by atoms with Gasteiger partial charge in [-0.2, -0.15) is 26.3 Å². The van der Waals surface area contributed by atoms with E-state index < -0.39 is 40.5 Å². The maximum atomic E-state index is 12.6. The van der Waals surface area contributed by atoms with Gasteiger partial charge < -0.3 is 4.98 Å². The molecule has 2 rings (SSSR count). The number of benzene rings is 1. The maximum Gasteiger partial charge on any atom is 0.431 e. The van der Waals surface area contributed by atoms with Crippen LogP contribution in [0, 0.1) is 0 Å². The number of nitrogens with one attached hydrogen (secondary N) is 1. The molecule has 118 valence electrons. The van der Waals surface area contributed by atoms with Crippen LogP contribution in [0.3, 0.4) is 0 Å². The molecule has 0 aliphatic rings. The first-order chi connectivity index (χ1) is 10.00. The summed E-state index contributed by atoms with van der Waals surface area (Å²) in [5, 5.41) is 0. The number of nitrogens with zero attached hydrogens (tertiary/aromatic N) is 1. The molecule has 0 fully saturated rings. The Kier molecular flexibility index (Phi) is 3.63. The van der Waals surface area contributed by atoms with Gasteiger partial charge in [-0.15, -0.1) is 0 Å². The highest BCUT2D eigenvalue weighted by atomic mass is 19.4. The van der Waals surface area contributed by atoms with Gasteiger partial charge in [-0.1, -0.05) is 6.07 Å². The van der Waals surface area contributed by atoms with Crippen molar-refractivity contribution in [2.45, 2.75) is 12.4 Å². The molecule has 0 saturated carbocycles. The third-order valence-electron chi connectivity index (χ3n) is 2.67. The van der Waals surface area contributed by atoms with Crippen LogP contribution in [0.25, 0.3) is 5.69 Å². The number of aromatic nitrogens is 2. The summed E-state index contributed by atoms with van der Waals surface area (Å²) < 4.78 is 75.2. The van der Waals surface area contributed by atoms with Crippen LogP contribution in [0.5, 0.6) is 0 Å². The Morgan fingerprint density at radius 3 is 2.05 bits per heavy atom. The minimum atomic E-state index is -4.95. The zero-order valence-corrected chi connectivity index (χ0v) is 10.4. The lowest BCUT2D eigenvalue weighted by Crippen LogP contribution is -2.35. The summed E-state index contributed by atoms with van der Waals surface area (Å²) in [5.41, 5.74) is -6.09. The van der Waals surface area contributed by atoms with Crippen LogP contribution in [-0.2, 0) is 12.4 Å². The Bertz CT molecular complexity index is 785. The first kappa shape index (κ1) is 15.9. The van der Waals surface area contributed by atoms with Gasteiger partial charge in [0.2, 0.25) is 0 Å². The maximum absolute atomic E-state index is 12.6. The Morgan fingerprint density at radius 1 is 0.909 bits per heavy atom. The molecule has 0 radical (unpaired) electrons. The number of hydrogen-bond acceptors (Lipinski definition) is 2. The number of alkyl halides is 6. The molecule has 4 nitrogen and oxygen atoms in total. The molecule has 2 aromatic rings. The lowest BCUT2D eigenvalue weighted by Gasteiger charge is -2.11. The van der Waals surface area contributed by atoms with E-state index in [9.17, 15) is 35.9 Å². The second-order valence-electron chi connectivity index (χ2n) is 4.21. The van der Waals surface area contributed by atoms with Crippen molar-refractivity contribution < 1.29 is 26.3 Å². The summed E-state index contributed by atoms with van der Waals surface area (Å²) in [6.07, 6.45) is -9.68. The van der Waals surface area contributed by atoms with Gasteiger partial charge in [0.25, 0.3) is 5.56 Å². The van der Waals surface area contributed by atoms with Crippen molar-refractivity contribution >= 4 is 0 Å². The van der Waals surface area contributed by atoms with Crippen LogP contribution >= 0.6 is 0 Å². The Labute approximate surface area is 117 Å². The van der Waals surface area contributed by atoms with Crippen molar-refractivity contribution in [3.8, 4) is 5.69 Å². The van der Waals surface area contributed by atoms with Crippen molar-refractivity contribution in [2.24, 2.45) is 0 Å². The van der Waals surface area contributed by atoms with Gasteiger partial charge in [-0.3, -0.25) is 4.79 Å². The van der Waals surface area contributed by atoms with Crippen molar-refractivity contribution in [1.29, 1.82) is 0 Å². The van der Waals surface area contributed by atoms with Gasteiger partial charge in [0, 0.05) is 6.07 Å². The summed E-state index contributed by atoms with van der Waals surface area (Å²) in [6.45, 7) is 0. The van der Waals surface area contributed by atoms with Gasteiger partial charge in [-0.05, 0) is 18.2 Å². The molecule has 0 bridgehead atoms. The quantitative estimate of drug-likeness (QED) is 0.820. The van der Waals surface area contributed by atoms with Crippen molar-refractivity contribution in [3.05, 3.63) is 62.4 Å². The van der Waals surface area contributed by atoms with Crippen LogP contribution in [0.1, 0.15) is 11.3 Å². The molecule has 1 aromatic carbocycles. The van der Waals surface area contributed by atoms with Gasteiger partial charge in [0.15, 0.2) is 0 Å². The molecule has 0 amide bonds. The zero-order valence-electron chi connectivity index (χ0n) is 10.4. The predicted octanol–water partition coefficient (Wildman–Crippen LogP) is 2.56. The summed E-state index contributed by atoms with van der Waals surface area (Å²) in [6, 6.07) is 3.22. The highest BCUT2D eigenvalue weighted by Gasteiger charge is 2.33. The van der Waals surface area contributed by atoms with Gasteiger partial charge in [0.1, 0.15) is 5.69 Å². The van der Waals surface area contributed by atoms with Crippen molar-refractivity contribution in [1.82, 2.24) is 9.55 Å². The number of hydrogen-bond donors (Lipinski definition) is 1. The van der Waals surface area contributed by atoms with E-state index in [0.717, 1.165) is 12.1 Å². The molecule has 0 spiro atoms. The average Bonchev–Trinajstić information content (AvgIpc) is 2.36. The second kappa shape index (κ2) is 5.04. The van der Waals surface area contributed by atoms with Crippen LogP contribution in [0.2, 0.25) is 0 Å². The molecular weight excluding hydrogens is 318 g/mol. The molecule has 0 saturated heterocycles. The van der Waals surface area contributed by atoms with Crippen LogP contribution in [0.15, 0.2) is 39.9 Å². The molecule has 0 aliphatic carbocycles. The SMILES string of the molecule is O=c1cc(C(F)(F)F)[nH]c(=O)n1-c1cccc(C(F)(F)F)c1. The standard InChI is InChI=1S/C12H6F6N2O2/c13-11(14,15)6-2-1-3-7(4-6)20-9(21)5-8(12(16,17)18)19-10(20)22/h1-5H,(H,19,22). The highest BCUT2D eigenvalue weighted by molar-refractivity contribution is 5.37. The number of aromatic amines is 1. The number of rotatable bonds is 1. The third kappa shape index (κ3) is 3.05. The Hall–Kier alpha value is -2.52. The summed E-state index contributed by atoms with van der Waals surface area (Å²) in [7, 11) is 0. The molecule has 0 unspecified atom stereocenters. The van der Waals surface area contributed by atoms with E-state index in [1.165, 1.54) is 4.98 Å². The van der Waals surface area contributed by atoms with Gasteiger partial charge in [-0.25, -0.2) is 9.36 Å². The fourth-order valence-electron chi connectivity index (χ4n) is 1.71. The fraction of sp³-hybridized carbons (Fsp3) is 0.167. The van der Waals surface area contributed by atoms with Crippen LogP contribution < -0.4 is 11.2 Å². The number of halogens is 6. The zero-order chi connectivity index (χ0) is 16.7. The van der Waals surface area contributed by atoms with E-state index in [1.807, 2.05) is 0 Å². The van der Waals surface area contributed by atoms with E-state index in [-0.39, 0.29) is 10.6 Å². The summed E-state index contributed by atoms with van der Waals surface area (Å²) in [5.74, 6) is 0. The Balaban J connectivity index is 2.65. The topological polar surface area (TPSA) is 54.9 Å². The summed E-state index contributed by atoms with van der Waals surface area (Å²) in [4.78, 5) is 24.6. The summed E-state index contributed by atoms with van der Waals surface area (Å²) >= 11 is 0. The van der Waals surface area contributed by atoms with E-state index in [2.05, 4.69) is 0 Å². The second-order valence-corrected chi connectivity index (χ2v) is 4.21. The van der Waals surface area contributed by atoms with Crippen molar-refractivity contribution in [3.63, 3.8) is 0 Å². The smallest absolute Gasteiger partial charge is 0.303 e. The molecule has 1 heterocycles.